The summed E-state index contributed by atoms with van der Waals surface area (Å²) in [4.78, 5) is 12.4. The number of aryl methyl sites for hydroxylation is 1. The van der Waals surface area contributed by atoms with E-state index in [-0.39, 0.29) is 5.91 Å². The summed E-state index contributed by atoms with van der Waals surface area (Å²) < 4.78 is 0. The van der Waals surface area contributed by atoms with Gasteiger partial charge in [-0.05, 0) is 49.3 Å². The predicted molar refractivity (Wildman–Crippen MR) is 87.7 cm³/mol. The number of benzene rings is 1. The number of hydrogen-bond acceptors (Lipinski definition) is 3. The highest BCUT2D eigenvalue weighted by molar-refractivity contribution is 7.99. The van der Waals surface area contributed by atoms with Crippen LogP contribution in [-0.2, 0) is 0 Å². The monoisotopic (exact) mass is 292 g/mol. The fourth-order valence-electron chi connectivity index (χ4n) is 2.34. The summed E-state index contributed by atoms with van der Waals surface area (Å²) in [5.74, 6) is 3.09. The van der Waals surface area contributed by atoms with Gasteiger partial charge in [-0.15, -0.1) is 0 Å². The molecule has 0 bridgehead atoms. The summed E-state index contributed by atoms with van der Waals surface area (Å²) >= 11 is 1.98. The molecule has 1 heterocycles. The number of thioether (sulfide) groups is 1. The van der Waals surface area contributed by atoms with E-state index >= 15 is 0 Å². The minimum Gasteiger partial charge on any atom is -0.384 e. The number of anilines is 1. The zero-order valence-electron chi connectivity index (χ0n) is 12.4. The first-order valence-electron chi connectivity index (χ1n) is 7.41. The molecule has 1 unspecified atom stereocenters. The lowest BCUT2D eigenvalue weighted by Gasteiger charge is -2.14. The Bertz CT molecular complexity index is 456. The van der Waals surface area contributed by atoms with Gasteiger partial charge in [0, 0.05) is 18.8 Å². The van der Waals surface area contributed by atoms with Gasteiger partial charge in [0.15, 0.2) is 0 Å². The summed E-state index contributed by atoms with van der Waals surface area (Å²) in [6.07, 6.45) is 2.27. The molecule has 1 fully saturated rings. The van der Waals surface area contributed by atoms with Crippen LogP contribution in [0.25, 0.3) is 0 Å². The number of carbonyl (C=O) groups is 1. The van der Waals surface area contributed by atoms with Gasteiger partial charge in [-0.2, -0.15) is 11.8 Å². The maximum Gasteiger partial charge on any atom is 0.253 e. The fourth-order valence-corrected chi connectivity index (χ4v) is 3.62. The summed E-state index contributed by atoms with van der Waals surface area (Å²) in [6, 6.07) is 6.02. The van der Waals surface area contributed by atoms with Gasteiger partial charge in [-0.3, -0.25) is 4.79 Å². The Balaban J connectivity index is 2.00. The Labute approximate surface area is 125 Å². The Morgan fingerprint density at radius 1 is 1.45 bits per heavy atom. The van der Waals surface area contributed by atoms with E-state index < -0.39 is 0 Å². The molecule has 110 valence electrons. The van der Waals surface area contributed by atoms with E-state index in [4.69, 9.17) is 0 Å². The summed E-state index contributed by atoms with van der Waals surface area (Å²) in [5.41, 5.74) is 2.83. The van der Waals surface area contributed by atoms with Crippen LogP contribution in [-0.4, -0.2) is 30.5 Å². The molecule has 0 aromatic heterocycles. The average Bonchev–Trinajstić information content (AvgIpc) is 2.96. The van der Waals surface area contributed by atoms with Crippen LogP contribution in [0.15, 0.2) is 18.2 Å². The van der Waals surface area contributed by atoms with Crippen molar-refractivity contribution in [2.24, 2.45) is 5.92 Å². The van der Waals surface area contributed by atoms with Gasteiger partial charge < -0.3 is 10.6 Å². The highest BCUT2D eigenvalue weighted by Crippen LogP contribution is 2.23. The number of nitrogens with one attached hydrogen (secondary N) is 2. The van der Waals surface area contributed by atoms with Crippen molar-refractivity contribution in [2.75, 3.05) is 29.9 Å². The van der Waals surface area contributed by atoms with Crippen molar-refractivity contribution in [3.63, 3.8) is 0 Å². The fraction of sp³-hybridized carbons (Fsp3) is 0.562. The SMILES string of the molecule is CCCNc1ccc(C)cc1C(=O)NCC1CCSC1. The molecule has 0 saturated carbocycles. The first-order valence-corrected chi connectivity index (χ1v) is 8.56. The van der Waals surface area contributed by atoms with Crippen molar-refractivity contribution >= 4 is 23.4 Å². The molecular formula is C16H24N2OS. The molecule has 1 aliphatic heterocycles. The smallest absolute Gasteiger partial charge is 0.253 e. The van der Waals surface area contributed by atoms with E-state index in [9.17, 15) is 4.79 Å². The molecule has 0 spiro atoms. The Kier molecular flexibility index (Phi) is 5.77. The molecule has 1 aliphatic rings. The van der Waals surface area contributed by atoms with Gasteiger partial charge in [0.1, 0.15) is 0 Å². The van der Waals surface area contributed by atoms with Gasteiger partial charge in [-0.1, -0.05) is 18.6 Å². The second-order valence-electron chi connectivity index (χ2n) is 5.42. The van der Waals surface area contributed by atoms with E-state index in [1.54, 1.807) is 0 Å². The van der Waals surface area contributed by atoms with Crippen LogP contribution in [0.3, 0.4) is 0 Å². The van der Waals surface area contributed by atoms with E-state index in [2.05, 4.69) is 17.6 Å². The number of amides is 1. The summed E-state index contributed by atoms with van der Waals surface area (Å²) in [7, 11) is 0. The Morgan fingerprint density at radius 2 is 2.30 bits per heavy atom. The van der Waals surface area contributed by atoms with Crippen molar-refractivity contribution in [2.45, 2.75) is 26.7 Å². The molecular weight excluding hydrogens is 268 g/mol. The van der Waals surface area contributed by atoms with Crippen LogP contribution >= 0.6 is 11.8 Å². The Morgan fingerprint density at radius 3 is 3.00 bits per heavy atom. The number of hydrogen-bond donors (Lipinski definition) is 2. The predicted octanol–water partition coefficient (Wildman–Crippen LogP) is 3.30. The van der Waals surface area contributed by atoms with Crippen LogP contribution < -0.4 is 10.6 Å². The van der Waals surface area contributed by atoms with Gasteiger partial charge in [0.25, 0.3) is 5.91 Å². The highest BCUT2D eigenvalue weighted by Gasteiger charge is 2.17. The van der Waals surface area contributed by atoms with E-state index in [0.29, 0.717) is 5.92 Å². The minimum absolute atomic E-state index is 0.0456. The average molecular weight is 292 g/mol. The topological polar surface area (TPSA) is 41.1 Å². The lowest BCUT2D eigenvalue weighted by atomic mass is 10.1. The molecule has 4 heteroatoms. The van der Waals surface area contributed by atoms with Crippen molar-refractivity contribution in [1.82, 2.24) is 5.32 Å². The zero-order chi connectivity index (χ0) is 14.4. The minimum atomic E-state index is 0.0456. The number of rotatable bonds is 6. The van der Waals surface area contributed by atoms with E-state index in [1.165, 1.54) is 17.9 Å². The molecule has 3 nitrogen and oxygen atoms in total. The summed E-state index contributed by atoms with van der Waals surface area (Å²) in [6.45, 7) is 5.84. The maximum atomic E-state index is 12.4. The molecule has 2 rings (SSSR count). The van der Waals surface area contributed by atoms with Crippen LogP contribution in [0.4, 0.5) is 5.69 Å². The van der Waals surface area contributed by atoms with Crippen LogP contribution in [0.1, 0.15) is 35.7 Å². The van der Waals surface area contributed by atoms with Gasteiger partial charge in [0.05, 0.1) is 5.56 Å². The van der Waals surface area contributed by atoms with E-state index in [0.717, 1.165) is 36.3 Å². The Hall–Kier alpha value is -1.16. The van der Waals surface area contributed by atoms with E-state index in [1.807, 2.05) is 36.9 Å². The second-order valence-corrected chi connectivity index (χ2v) is 6.57. The quantitative estimate of drug-likeness (QED) is 0.845. The first kappa shape index (κ1) is 15.2. The standard InChI is InChI=1S/C16H24N2OS/c1-3-7-17-15-5-4-12(2)9-14(15)16(19)18-10-13-6-8-20-11-13/h4-5,9,13,17H,3,6-8,10-11H2,1-2H3,(H,18,19). The maximum absolute atomic E-state index is 12.4. The highest BCUT2D eigenvalue weighted by atomic mass is 32.2. The molecule has 20 heavy (non-hydrogen) atoms. The lowest BCUT2D eigenvalue weighted by molar-refractivity contribution is 0.0949. The first-order chi connectivity index (χ1) is 9.70. The summed E-state index contributed by atoms with van der Waals surface area (Å²) in [5, 5.41) is 6.43. The largest absolute Gasteiger partial charge is 0.384 e. The molecule has 1 amide bonds. The second kappa shape index (κ2) is 7.58. The van der Waals surface area contributed by atoms with Crippen LogP contribution in [0.2, 0.25) is 0 Å². The molecule has 1 aromatic rings. The molecule has 1 aromatic carbocycles. The normalized spacial score (nSPS) is 18.0. The third-order valence-corrected chi connectivity index (χ3v) is 4.79. The van der Waals surface area contributed by atoms with Crippen LogP contribution in [0.5, 0.6) is 0 Å². The number of carbonyl (C=O) groups excluding carboxylic acids is 1. The third kappa shape index (κ3) is 4.17. The van der Waals surface area contributed by atoms with Gasteiger partial charge in [0.2, 0.25) is 0 Å². The van der Waals surface area contributed by atoms with Crippen molar-refractivity contribution < 1.29 is 4.79 Å². The van der Waals surface area contributed by atoms with Crippen LogP contribution in [0, 0.1) is 12.8 Å². The van der Waals surface area contributed by atoms with Gasteiger partial charge >= 0.3 is 0 Å². The van der Waals surface area contributed by atoms with Gasteiger partial charge in [-0.25, -0.2) is 0 Å². The van der Waals surface area contributed by atoms with Crippen molar-refractivity contribution in [3.05, 3.63) is 29.3 Å². The molecule has 0 aliphatic carbocycles. The third-order valence-electron chi connectivity index (χ3n) is 3.56. The lowest BCUT2D eigenvalue weighted by Crippen LogP contribution is -2.30. The molecule has 1 saturated heterocycles. The molecule has 2 N–H and O–H groups in total. The van der Waals surface area contributed by atoms with Crippen molar-refractivity contribution in [3.8, 4) is 0 Å². The molecule has 1 atom stereocenters. The zero-order valence-corrected chi connectivity index (χ0v) is 13.2. The van der Waals surface area contributed by atoms with Crippen molar-refractivity contribution in [1.29, 1.82) is 0 Å². The molecule has 0 radical (unpaired) electrons.